The van der Waals surface area contributed by atoms with Gasteiger partial charge in [-0.15, -0.1) is 0 Å². The molecule has 2 aromatic rings. The average Bonchev–Trinajstić information content (AvgIpc) is 2.67. The first kappa shape index (κ1) is 9.35. The fourth-order valence-electron chi connectivity index (χ4n) is 1.37. The smallest absolute Gasteiger partial charge is 0.135 e. The number of benzene rings is 1. The monoisotopic (exact) mass is 206 g/mol. The lowest BCUT2D eigenvalue weighted by atomic mass is 10.2. The Labute approximate surface area is 88.3 Å². The SMILES string of the molecule is CCc1ccc(-c2ccccc2Cl)o1. The lowest BCUT2D eigenvalue weighted by Crippen LogP contribution is -1.75. The third kappa shape index (κ3) is 1.68. The summed E-state index contributed by atoms with van der Waals surface area (Å²) in [5.41, 5.74) is 0.953. The summed E-state index contributed by atoms with van der Waals surface area (Å²) in [5, 5.41) is 0.726. The van der Waals surface area contributed by atoms with Gasteiger partial charge in [0.25, 0.3) is 0 Å². The second-order valence-corrected chi connectivity index (χ2v) is 3.51. The molecule has 0 amide bonds. The highest BCUT2D eigenvalue weighted by Gasteiger charge is 2.06. The molecule has 2 rings (SSSR count). The van der Waals surface area contributed by atoms with Crippen molar-refractivity contribution in [1.82, 2.24) is 0 Å². The van der Waals surface area contributed by atoms with Crippen LogP contribution in [0.2, 0.25) is 5.02 Å². The van der Waals surface area contributed by atoms with Crippen molar-refractivity contribution in [3.05, 3.63) is 47.2 Å². The molecule has 1 heterocycles. The summed E-state index contributed by atoms with van der Waals surface area (Å²) in [5.74, 6) is 1.83. The van der Waals surface area contributed by atoms with E-state index in [9.17, 15) is 0 Å². The van der Waals surface area contributed by atoms with Crippen LogP contribution in [0.3, 0.4) is 0 Å². The lowest BCUT2D eigenvalue weighted by Gasteiger charge is -1.99. The molecule has 0 aliphatic carbocycles. The van der Waals surface area contributed by atoms with E-state index in [4.69, 9.17) is 16.0 Å². The molecule has 0 unspecified atom stereocenters. The van der Waals surface area contributed by atoms with Crippen LogP contribution in [0.4, 0.5) is 0 Å². The van der Waals surface area contributed by atoms with E-state index in [1.54, 1.807) is 0 Å². The van der Waals surface area contributed by atoms with Gasteiger partial charge in [0.15, 0.2) is 0 Å². The summed E-state index contributed by atoms with van der Waals surface area (Å²) in [4.78, 5) is 0. The Balaban J connectivity index is 2.44. The first-order valence-electron chi connectivity index (χ1n) is 4.65. The maximum absolute atomic E-state index is 6.05. The Hall–Kier alpha value is -1.21. The van der Waals surface area contributed by atoms with Gasteiger partial charge in [-0.1, -0.05) is 30.7 Å². The Morgan fingerprint density at radius 2 is 1.93 bits per heavy atom. The minimum atomic E-state index is 0.726. The highest BCUT2D eigenvalue weighted by molar-refractivity contribution is 6.33. The van der Waals surface area contributed by atoms with Crippen LogP contribution in [0.25, 0.3) is 11.3 Å². The van der Waals surface area contributed by atoms with Crippen molar-refractivity contribution in [3.8, 4) is 11.3 Å². The van der Waals surface area contributed by atoms with Gasteiger partial charge in [-0.05, 0) is 24.3 Å². The van der Waals surface area contributed by atoms with E-state index in [1.165, 1.54) is 0 Å². The fraction of sp³-hybridized carbons (Fsp3) is 0.167. The maximum atomic E-state index is 6.05. The molecule has 0 aliphatic rings. The van der Waals surface area contributed by atoms with Crippen molar-refractivity contribution in [3.63, 3.8) is 0 Å². The molecular formula is C12H11ClO. The molecule has 2 heteroatoms. The molecule has 0 saturated heterocycles. The number of halogens is 1. The lowest BCUT2D eigenvalue weighted by molar-refractivity contribution is 0.529. The molecule has 14 heavy (non-hydrogen) atoms. The average molecular weight is 207 g/mol. The van der Waals surface area contributed by atoms with Gasteiger partial charge >= 0.3 is 0 Å². The fourth-order valence-corrected chi connectivity index (χ4v) is 1.60. The number of hydrogen-bond donors (Lipinski definition) is 0. The number of furan rings is 1. The topological polar surface area (TPSA) is 13.1 Å². The van der Waals surface area contributed by atoms with Crippen molar-refractivity contribution in [2.45, 2.75) is 13.3 Å². The Bertz CT molecular complexity index is 431. The van der Waals surface area contributed by atoms with Gasteiger partial charge in [0.1, 0.15) is 11.5 Å². The van der Waals surface area contributed by atoms with Crippen molar-refractivity contribution in [2.24, 2.45) is 0 Å². The van der Waals surface area contributed by atoms with E-state index in [2.05, 4.69) is 6.92 Å². The van der Waals surface area contributed by atoms with E-state index in [0.717, 1.165) is 28.5 Å². The van der Waals surface area contributed by atoms with Gasteiger partial charge in [-0.25, -0.2) is 0 Å². The highest BCUT2D eigenvalue weighted by Crippen LogP contribution is 2.28. The maximum Gasteiger partial charge on any atom is 0.135 e. The van der Waals surface area contributed by atoms with Crippen molar-refractivity contribution >= 4 is 11.6 Å². The second kappa shape index (κ2) is 3.89. The molecule has 1 aromatic heterocycles. The molecule has 0 spiro atoms. The van der Waals surface area contributed by atoms with Crippen LogP contribution in [-0.2, 0) is 6.42 Å². The zero-order valence-corrected chi connectivity index (χ0v) is 8.71. The van der Waals surface area contributed by atoms with Crippen LogP contribution in [0.15, 0.2) is 40.8 Å². The molecule has 0 aliphatic heterocycles. The largest absolute Gasteiger partial charge is 0.461 e. The molecular weight excluding hydrogens is 196 g/mol. The Kier molecular flexibility index (Phi) is 2.60. The van der Waals surface area contributed by atoms with E-state index < -0.39 is 0 Å². The minimum absolute atomic E-state index is 0.726. The Morgan fingerprint density at radius 1 is 1.14 bits per heavy atom. The predicted molar refractivity (Wildman–Crippen MR) is 58.5 cm³/mol. The zero-order valence-electron chi connectivity index (χ0n) is 7.96. The summed E-state index contributed by atoms with van der Waals surface area (Å²) in [6.07, 6.45) is 0.907. The molecule has 0 radical (unpaired) electrons. The van der Waals surface area contributed by atoms with Gasteiger partial charge in [0.2, 0.25) is 0 Å². The summed E-state index contributed by atoms with van der Waals surface area (Å²) >= 11 is 6.05. The van der Waals surface area contributed by atoms with Gasteiger partial charge in [-0.3, -0.25) is 0 Å². The van der Waals surface area contributed by atoms with E-state index in [1.807, 2.05) is 36.4 Å². The predicted octanol–water partition coefficient (Wildman–Crippen LogP) is 4.16. The first-order chi connectivity index (χ1) is 6.81. The van der Waals surface area contributed by atoms with Crippen molar-refractivity contribution in [1.29, 1.82) is 0 Å². The van der Waals surface area contributed by atoms with Gasteiger partial charge in [0, 0.05) is 12.0 Å². The van der Waals surface area contributed by atoms with Gasteiger partial charge in [-0.2, -0.15) is 0 Å². The van der Waals surface area contributed by atoms with Crippen molar-refractivity contribution in [2.75, 3.05) is 0 Å². The highest BCUT2D eigenvalue weighted by atomic mass is 35.5. The summed E-state index contributed by atoms with van der Waals surface area (Å²) in [7, 11) is 0. The number of rotatable bonds is 2. The molecule has 0 saturated carbocycles. The summed E-state index contributed by atoms with van der Waals surface area (Å²) < 4.78 is 5.62. The standard InChI is InChI=1S/C12H11ClO/c1-2-9-7-8-12(14-9)10-5-3-4-6-11(10)13/h3-8H,2H2,1H3. The molecule has 0 bridgehead atoms. The van der Waals surface area contributed by atoms with Crippen LogP contribution >= 0.6 is 11.6 Å². The summed E-state index contributed by atoms with van der Waals surface area (Å²) in [6.45, 7) is 2.06. The first-order valence-corrected chi connectivity index (χ1v) is 5.02. The normalized spacial score (nSPS) is 10.4. The number of hydrogen-bond acceptors (Lipinski definition) is 1. The third-order valence-electron chi connectivity index (χ3n) is 2.15. The molecule has 0 N–H and O–H groups in total. The van der Waals surface area contributed by atoms with Gasteiger partial charge in [0.05, 0.1) is 5.02 Å². The molecule has 0 atom stereocenters. The molecule has 72 valence electrons. The Morgan fingerprint density at radius 3 is 2.57 bits per heavy atom. The zero-order chi connectivity index (χ0) is 9.97. The van der Waals surface area contributed by atoms with Crippen molar-refractivity contribution < 1.29 is 4.42 Å². The van der Waals surface area contributed by atoms with Crippen LogP contribution in [0, 0.1) is 0 Å². The van der Waals surface area contributed by atoms with E-state index in [-0.39, 0.29) is 0 Å². The summed E-state index contributed by atoms with van der Waals surface area (Å²) in [6, 6.07) is 11.6. The van der Waals surface area contributed by atoms with Gasteiger partial charge < -0.3 is 4.42 Å². The minimum Gasteiger partial charge on any atom is -0.461 e. The second-order valence-electron chi connectivity index (χ2n) is 3.10. The van der Waals surface area contributed by atoms with Crippen LogP contribution in [0.5, 0.6) is 0 Å². The third-order valence-corrected chi connectivity index (χ3v) is 2.48. The molecule has 1 nitrogen and oxygen atoms in total. The van der Waals surface area contributed by atoms with Crippen LogP contribution in [0.1, 0.15) is 12.7 Å². The molecule has 0 fully saturated rings. The van der Waals surface area contributed by atoms with E-state index >= 15 is 0 Å². The van der Waals surface area contributed by atoms with E-state index in [0.29, 0.717) is 0 Å². The number of aryl methyl sites for hydroxylation is 1. The quantitative estimate of drug-likeness (QED) is 0.719. The van der Waals surface area contributed by atoms with Crippen LogP contribution < -0.4 is 0 Å². The molecule has 1 aromatic carbocycles. The van der Waals surface area contributed by atoms with Crippen LogP contribution in [-0.4, -0.2) is 0 Å².